The molecular weight excluding hydrogens is 152 g/mol. The van der Waals surface area contributed by atoms with Crippen LogP contribution in [-0.2, 0) is 9.53 Å². The minimum atomic E-state index is -0.0963. The molecular formula is C10H18O2. The molecule has 0 saturated carbocycles. The summed E-state index contributed by atoms with van der Waals surface area (Å²) < 4.78 is 4.52. The van der Waals surface area contributed by atoms with Crippen LogP contribution in [0.3, 0.4) is 0 Å². The molecule has 0 N–H and O–H groups in total. The van der Waals surface area contributed by atoms with E-state index < -0.39 is 0 Å². The molecule has 0 radical (unpaired) electrons. The molecule has 0 aromatic heterocycles. The predicted octanol–water partition coefficient (Wildman–Crippen LogP) is 2.69. The maximum atomic E-state index is 10.7. The smallest absolute Gasteiger partial charge is 0.305 e. The monoisotopic (exact) mass is 170 g/mol. The van der Waals surface area contributed by atoms with Crippen LogP contribution in [-0.4, -0.2) is 13.1 Å². The van der Waals surface area contributed by atoms with E-state index in [0.717, 1.165) is 19.3 Å². The van der Waals surface area contributed by atoms with Gasteiger partial charge in [-0.2, -0.15) is 0 Å². The average molecular weight is 170 g/mol. The molecule has 0 aliphatic carbocycles. The van der Waals surface area contributed by atoms with Gasteiger partial charge < -0.3 is 4.74 Å². The second-order valence-electron chi connectivity index (χ2n) is 2.74. The van der Waals surface area contributed by atoms with E-state index in [0.29, 0.717) is 6.42 Å². The van der Waals surface area contributed by atoms with Crippen molar-refractivity contribution in [2.45, 2.75) is 39.0 Å². The normalized spacial score (nSPS) is 10.5. The first kappa shape index (κ1) is 11.2. The van der Waals surface area contributed by atoms with Gasteiger partial charge in [-0.25, -0.2) is 0 Å². The van der Waals surface area contributed by atoms with Gasteiger partial charge in [0.1, 0.15) is 0 Å². The van der Waals surface area contributed by atoms with Crippen LogP contribution in [0.2, 0.25) is 0 Å². The molecule has 0 saturated heterocycles. The first-order valence-electron chi connectivity index (χ1n) is 4.49. The Morgan fingerprint density at radius 2 is 2.08 bits per heavy atom. The SMILES string of the molecule is C/C=C/CCCCCC(=O)OC. The zero-order valence-electron chi connectivity index (χ0n) is 8.01. The second kappa shape index (κ2) is 8.31. The van der Waals surface area contributed by atoms with Gasteiger partial charge in [0.05, 0.1) is 7.11 Å². The third kappa shape index (κ3) is 7.32. The van der Waals surface area contributed by atoms with Gasteiger partial charge in [0.2, 0.25) is 0 Å². The lowest BCUT2D eigenvalue weighted by atomic mass is 10.1. The Kier molecular flexibility index (Phi) is 7.76. The fourth-order valence-electron chi connectivity index (χ4n) is 0.977. The zero-order valence-corrected chi connectivity index (χ0v) is 8.01. The number of esters is 1. The standard InChI is InChI=1S/C10H18O2/c1-3-4-5-6-7-8-9-10(11)12-2/h3-4H,5-9H2,1-2H3/b4-3+. The summed E-state index contributed by atoms with van der Waals surface area (Å²) in [5, 5.41) is 0. The van der Waals surface area contributed by atoms with Crippen LogP contribution in [0, 0.1) is 0 Å². The van der Waals surface area contributed by atoms with Crippen molar-refractivity contribution < 1.29 is 9.53 Å². The van der Waals surface area contributed by atoms with E-state index in [4.69, 9.17) is 0 Å². The highest BCUT2D eigenvalue weighted by molar-refractivity contribution is 5.68. The van der Waals surface area contributed by atoms with E-state index in [1.807, 2.05) is 6.92 Å². The number of ether oxygens (including phenoxy) is 1. The molecule has 70 valence electrons. The number of carbonyl (C=O) groups is 1. The maximum Gasteiger partial charge on any atom is 0.305 e. The van der Waals surface area contributed by atoms with E-state index in [-0.39, 0.29) is 5.97 Å². The molecule has 0 spiro atoms. The lowest BCUT2D eigenvalue weighted by Gasteiger charge is -1.97. The van der Waals surface area contributed by atoms with Gasteiger partial charge >= 0.3 is 5.97 Å². The van der Waals surface area contributed by atoms with Crippen molar-refractivity contribution in [1.82, 2.24) is 0 Å². The fraction of sp³-hybridized carbons (Fsp3) is 0.700. The topological polar surface area (TPSA) is 26.3 Å². The lowest BCUT2D eigenvalue weighted by Crippen LogP contribution is -1.98. The van der Waals surface area contributed by atoms with Gasteiger partial charge in [0.15, 0.2) is 0 Å². The average Bonchev–Trinajstić information content (AvgIpc) is 2.10. The van der Waals surface area contributed by atoms with Crippen LogP contribution in [0.4, 0.5) is 0 Å². The van der Waals surface area contributed by atoms with E-state index in [1.165, 1.54) is 13.5 Å². The van der Waals surface area contributed by atoms with Gasteiger partial charge in [-0.1, -0.05) is 18.6 Å². The minimum Gasteiger partial charge on any atom is -0.469 e. The number of unbranched alkanes of at least 4 members (excludes halogenated alkanes) is 3. The molecule has 0 amide bonds. The number of methoxy groups -OCH3 is 1. The molecule has 0 aromatic carbocycles. The number of hydrogen-bond acceptors (Lipinski definition) is 2. The molecule has 0 bridgehead atoms. The molecule has 0 aromatic rings. The zero-order chi connectivity index (χ0) is 9.23. The van der Waals surface area contributed by atoms with Crippen LogP contribution in [0.5, 0.6) is 0 Å². The van der Waals surface area contributed by atoms with Gasteiger partial charge in [-0.05, 0) is 26.2 Å². The summed E-state index contributed by atoms with van der Waals surface area (Å²) in [6.07, 6.45) is 9.12. The Morgan fingerprint density at radius 3 is 2.67 bits per heavy atom. The van der Waals surface area contributed by atoms with Gasteiger partial charge in [0.25, 0.3) is 0 Å². The van der Waals surface area contributed by atoms with E-state index in [1.54, 1.807) is 0 Å². The first-order valence-corrected chi connectivity index (χ1v) is 4.49. The number of allylic oxidation sites excluding steroid dienone is 2. The summed E-state index contributed by atoms with van der Waals surface area (Å²) in [6.45, 7) is 2.02. The Bertz CT molecular complexity index is 139. The van der Waals surface area contributed by atoms with Crippen LogP contribution in [0.25, 0.3) is 0 Å². The summed E-state index contributed by atoms with van der Waals surface area (Å²) in [7, 11) is 1.43. The van der Waals surface area contributed by atoms with Crippen LogP contribution >= 0.6 is 0 Å². The number of hydrogen-bond donors (Lipinski definition) is 0. The molecule has 2 heteroatoms. The van der Waals surface area contributed by atoms with Crippen molar-refractivity contribution in [2.75, 3.05) is 7.11 Å². The van der Waals surface area contributed by atoms with Crippen molar-refractivity contribution in [1.29, 1.82) is 0 Å². The highest BCUT2D eigenvalue weighted by Crippen LogP contribution is 2.04. The summed E-state index contributed by atoms with van der Waals surface area (Å²) in [5.41, 5.74) is 0. The van der Waals surface area contributed by atoms with Gasteiger partial charge in [-0.3, -0.25) is 4.79 Å². The quantitative estimate of drug-likeness (QED) is 0.348. The van der Waals surface area contributed by atoms with Crippen molar-refractivity contribution in [3.63, 3.8) is 0 Å². The van der Waals surface area contributed by atoms with Crippen LogP contribution in [0.15, 0.2) is 12.2 Å². The molecule has 0 rings (SSSR count). The van der Waals surface area contributed by atoms with Gasteiger partial charge in [0, 0.05) is 6.42 Å². The molecule has 0 unspecified atom stereocenters. The third-order valence-electron chi connectivity index (χ3n) is 1.72. The maximum absolute atomic E-state index is 10.7. The Hall–Kier alpha value is -0.790. The molecule has 0 fully saturated rings. The summed E-state index contributed by atoms with van der Waals surface area (Å²) in [5.74, 6) is -0.0963. The minimum absolute atomic E-state index is 0.0963. The molecule has 0 aliphatic heterocycles. The molecule has 12 heavy (non-hydrogen) atoms. The number of rotatable bonds is 6. The predicted molar refractivity (Wildman–Crippen MR) is 49.9 cm³/mol. The summed E-state index contributed by atoms with van der Waals surface area (Å²) in [4.78, 5) is 10.7. The largest absolute Gasteiger partial charge is 0.469 e. The van der Waals surface area contributed by atoms with Crippen molar-refractivity contribution in [3.8, 4) is 0 Å². The van der Waals surface area contributed by atoms with Gasteiger partial charge in [-0.15, -0.1) is 0 Å². The van der Waals surface area contributed by atoms with E-state index in [2.05, 4.69) is 16.9 Å². The highest BCUT2D eigenvalue weighted by Gasteiger charge is 1.97. The summed E-state index contributed by atoms with van der Waals surface area (Å²) in [6, 6.07) is 0. The third-order valence-corrected chi connectivity index (χ3v) is 1.72. The Balaban J connectivity index is 3.05. The molecule has 2 nitrogen and oxygen atoms in total. The van der Waals surface area contributed by atoms with E-state index in [9.17, 15) is 4.79 Å². The van der Waals surface area contributed by atoms with Crippen LogP contribution < -0.4 is 0 Å². The molecule has 0 atom stereocenters. The number of carbonyl (C=O) groups excluding carboxylic acids is 1. The summed E-state index contributed by atoms with van der Waals surface area (Å²) >= 11 is 0. The van der Waals surface area contributed by atoms with Crippen molar-refractivity contribution in [3.05, 3.63) is 12.2 Å². The fourth-order valence-corrected chi connectivity index (χ4v) is 0.977. The molecule has 0 aliphatic rings. The second-order valence-corrected chi connectivity index (χ2v) is 2.74. The van der Waals surface area contributed by atoms with E-state index >= 15 is 0 Å². The highest BCUT2D eigenvalue weighted by atomic mass is 16.5. The lowest BCUT2D eigenvalue weighted by molar-refractivity contribution is -0.140. The van der Waals surface area contributed by atoms with Crippen molar-refractivity contribution >= 4 is 5.97 Å². The first-order chi connectivity index (χ1) is 5.81. The van der Waals surface area contributed by atoms with Crippen molar-refractivity contribution in [2.24, 2.45) is 0 Å². The molecule has 0 heterocycles. The Morgan fingerprint density at radius 1 is 1.33 bits per heavy atom. The Labute approximate surface area is 74.6 Å². The van der Waals surface area contributed by atoms with Crippen LogP contribution in [0.1, 0.15) is 39.0 Å².